The first-order chi connectivity index (χ1) is 28.9. The summed E-state index contributed by atoms with van der Waals surface area (Å²) in [7, 11) is 2.43. The number of carbonyl (C=O) groups excluding carboxylic acids is 2. The molecule has 0 radical (unpaired) electrons. The van der Waals surface area contributed by atoms with E-state index in [1.165, 1.54) is 19.6 Å². The molecule has 0 aliphatic carbocycles. The highest BCUT2D eigenvalue weighted by atomic mass is 32.2. The number of carbonyl (C=O) groups is 2. The molecule has 5 aromatic rings. The predicted molar refractivity (Wildman–Crippen MR) is 231 cm³/mol. The van der Waals surface area contributed by atoms with Crippen LogP contribution in [-0.4, -0.2) is 117 Å². The van der Waals surface area contributed by atoms with Crippen LogP contribution in [0.15, 0.2) is 91.0 Å². The molecule has 0 bridgehead atoms. The number of nitrogens with one attached hydrogen (secondary N) is 1. The number of benzene rings is 4. The fourth-order valence-corrected chi connectivity index (χ4v) is 8.15. The summed E-state index contributed by atoms with van der Waals surface area (Å²) in [6, 6.07) is 30.1. The average molecular weight is 842 g/mol. The molecular formula is C45H55N5O9S. The number of likely N-dealkylation sites (tertiary alicyclic amines) is 2. The molecule has 2 aliphatic heterocycles. The lowest BCUT2D eigenvalue weighted by atomic mass is 9.76. The zero-order valence-corrected chi connectivity index (χ0v) is 35.7. The highest BCUT2D eigenvalue weighted by molar-refractivity contribution is 7.85. The maximum atomic E-state index is 14.0. The number of fused-ring (bicyclic) bond motifs is 1. The molecule has 1 unspecified atom stereocenters. The van der Waals surface area contributed by atoms with E-state index in [4.69, 9.17) is 28.5 Å². The molecule has 2 fully saturated rings. The number of hydrogen-bond acceptors (Lipinski definition) is 11. The van der Waals surface area contributed by atoms with Crippen molar-refractivity contribution in [3.63, 3.8) is 0 Å². The SMILES string of the molecule is CCS(=O)(=O)O.COC(=O)c1ccccc1Cn1c(NC2CCN(CCC3(c4ccccc4)CCN(C(=O)c4cc(OC)c(OC)c(OC)c4)C3)CC2)nc2ccccc21. The van der Waals surface area contributed by atoms with Crippen molar-refractivity contribution in [1.82, 2.24) is 19.4 Å². The van der Waals surface area contributed by atoms with Crippen LogP contribution < -0.4 is 19.5 Å². The first kappa shape index (κ1) is 43.9. The Kier molecular flexibility index (Phi) is 14.4. The molecule has 0 saturated carbocycles. The van der Waals surface area contributed by atoms with Crippen molar-refractivity contribution in [1.29, 1.82) is 0 Å². The van der Waals surface area contributed by atoms with E-state index in [1.807, 2.05) is 47.4 Å². The van der Waals surface area contributed by atoms with Gasteiger partial charge < -0.3 is 38.6 Å². The van der Waals surface area contributed by atoms with Crippen molar-refractivity contribution in [2.75, 3.05) is 72.2 Å². The summed E-state index contributed by atoms with van der Waals surface area (Å²) in [5, 5.41) is 3.77. The zero-order chi connectivity index (χ0) is 42.9. The van der Waals surface area contributed by atoms with Gasteiger partial charge in [0.1, 0.15) is 0 Å². The van der Waals surface area contributed by atoms with Gasteiger partial charge in [0.25, 0.3) is 16.0 Å². The standard InChI is InChI=1S/C43H49N5O6.C2H6O3S/c1-51-37-26-31(27-38(52-2)39(37)53-3)40(49)47-25-21-43(29-47,32-13-6-5-7-14-32)20-24-46-22-18-33(19-23-46)44-42-45-35-16-10-11-17-36(35)48(42)28-30-12-8-9-15-34(30)41(50)54-4;1-2-6(3,4)5/h5-17,26-27,33H,18-25,28-29H2,1-4H3,(H,44,45);2H2,1H3,(H,3,4,5). The fourth-order valence-electron chi connectivity index (χ4n) is 8.15. The van der Waals surface area contributed by atoms with E-state index < -0.39 is 10.1 Å². The number of imidazole rings is 1. The van der Waals surface area contributed by atoms with Crippen LogP contribution in [0, 0.1) is 0 Å². The van der Waals surface area contributed by atoms with Crippen molar-refractivity contribution in [2.45, 2.75) is 50.6 Å². The van der Waals surface area contributed by atoms with E-state index in [1.54, 1.807) is 33.5 Å². The Hall–Kier alpha value is -5.64. The molecule has 14 nitrogen and oxygen atoms in total. The minimum Gasteiger partial charge on any atom is -0.493 e. The van der Waals surface area contributed by atoms with Gasteiger partial charge in [-0.1, -0.05) is 60.7 Å². The third-order valence-electron chi connectivity index (χ3n) is 11.5. The predicted octanol–water partition coefficient (Wildman–Crippen LogP) is 6.54. The van der Waals surface area contributed by atoms with Gasteiger partial charge in [0, 0.05) is 43.2 Å². The van der Waals surface area contributed by atoms with Gasteiger partial charge in [-0.15, -0.1) is 0 Å². The molecule has 1 aromatic heterocycles. The number of ether oxygens (including phenoxy) is 4. The van der Waals surface area contributed by atoms with Gasteiger partial charge in [0.15, 0.2) is 11.5 Å². The lowest BCUT2D eigenvalue weighted by Gasteiger charge is -2.36. The molecule has 320 valence electrons. The van der Waals surface area contributed by atoms with E-state index in [-0.39, 0.29) is 29.1 Å². The Labute approximate surface area is 352 Å². The lowest BCUT2D eigenvalue weighted by molar-refractivity contribution is 0.0599. The molecule has 2 aliphatic rings. The molecule has 0 spiro atoms. The molecule has 7 rings (SSSR count). The summed E-state index contributed by atoms with van der Waals surface area (Å²) in [5.41, 5.74) is 5.00. The van der Waals surface area contributed by atoms with E-state index in [0.717, 1.165) is 67.9 Å². The highest BCUT2D eigenvalue weighted by Crippen LogP contribution is 2.41. The summed E-state index contributed by atoms with van der Waals surface area (Å²) >= 11 is 0. The Morgan fingerprint density at radius 3 is 2.13 bits per heavy atom. The van der Waals surface area contributed by atoms with Crippen molar-refractivity contribution in [2.24, 2.45) is 0 Å². The van der Waals surface area contributed by atoms with E-state index in [2.05, 4.69) is 51.2 Å². The van der Waals surface area contributed by atoms with Crippen LogP contribution in [0.25, 0.3) is 11.0 Å². The van der Waals surface area contributed by atoms with Crippen molar-refractivity contribution < 1.29 is 41.5 Å². The summed E-state index contributed by atoms with van der Waals surface area (Å²) in [5.74, 6) is 1.61. The van der Waals surface area contributed by atoms with Crippen LogP contribution in [0.2, 0.25) is 0 Å². The molecule has 2 N–H and O–H groups in total. The molecule has 60 heavy (non-hydrogen) atoms. The minimum atomic E-state index is -3.66. The van der Waals surface area contributed by atoms with Crippen LogP contribution in [0.4, 0.5) is 5.95 Å². The first-order valence-electron chi connectivity index (χ1n) is 20.1. The number of para-hydroxylation sites is 2. The molecule has 4 aromatic carbocycles. The zero-order valence-electron chi connectivity index (χ0n) is 34.9. The lowest BCUT2D eigenvalue weighted by Crippen LogP contribution is -2.42. The van der Waals surface area contributed by atoms with E-state index >= 15 is 0 Å². The number of piperidine rings is 1. The number of aromatic nitrogens is 2. The number of anilines is 1. The largest absolute Gasteiger partial charge is 0.493 e. The van der Waals surface area contributed by atoms with Crippen LogP contribution in [0.1, 0.15) is 64.4 Å². The molecule has 1 atom stereocenters. The fraction of sp³-hybridized carbons (Fsp3) is 0.400. The Bertz CT molecular complexity index is 2340. The molecular weight excluding hydrogens is 787 g/mol. The van der Waals surface area contributed by atoms with Crippen LogP contribution in [0.3, 0.4) is 0 Å². The van der Waals surface area contributed by atoms with E-state index in [9.17, 15) is 18.0 Å². The van der Waals surface area contributed by atoms with Gasteiger partial charge in [0.2, 0.25) is 11.7 Å². The Balaban J connectivity index is 0.000000937. The van der Waals surface area contributed by atoms with Gasteiger partial charge in [-0.25, -0.2) is 9.78 Å². The summed E-state index contributed by atoms with van der Waals surface area (Å²) in [6.45, 7) is 6.03. The highest BCUT2D eigenvalue weighted by Gasteiger charge is 2.42. The van der Waals surface area contributed by atoms with Crippen LogP contribution in [-0.2, 0) is 26.8 Å². The molecule has 2 saturated heterocycles. The minimum absolute atomic E-state index is 0.0428. The summed E-state index contributed by atoms with van der Waals surface area (Å²) in [6.07, 6.45) is 3.79. The smallest absolute Gasteiger partial charge is 0.338 e. The normalized spacial score (nSPS) is 17.1. The quantitative estimate of drug-likeness (QED) is 0.0919. The van der Waals surface area contributed by atoms with Gasteiger partial charge in [-0.05, 0) is 80.6 Å². The third-order valence-corrected chi connectivity index (χ3v) is 12.3. The second-order valence-corrected chi connectivity index (χ2v) is 16.8. The number of esters is 1. The second kappa shape index (κ2) is 19.6. The van der Waals surface area contributed by atoms with Crippen molar-refractivity contribution in [3.8, 4) is 17.2 Å². The van der Waals surface area contributed by atoms with E-state index in [0.29, 0.717) is 48.0 Å². The topological polar surface area (TPSA) is 162 Å². The number of rotatable bonds is 14. The van der Waals surface area contributed by atoms with Gasteiger partial charge in [0.05, 0.1) is 57.3 Å². The van der Waals surface area contributed by atoms with Gasteiger partial charge in [-0.2, -0.15) is 8.42 Å². The second-order valence-electron chi connectivity index (χ2n) is 15.1. The third kappa shape index (κ3) is 10.2. The number of methoxy groups -OCH3 is 4. The van der Waals surface area contributed by atoms with Crippen molar-refractivity contribution in [3.05, 3.63) is 113 Å². The maximum absolute atomic E-state index is 14.0. The molecule has 3 heterocycles. The first-order valence-corrected chi connectivity index (χ1v) is 21.7. The molecule has 15 heteroatoms. The Morgan fingerprint density at radius 2 is 1.50 bits per heavy atom. The van der Waals surface area contributed by atoms with Gasteiger partial charge >= 0.3 is 5.97 Å². The number of hydrogen-bond donors (Lipinski definition) is 2. The van der Waals surface area contributed by atoms with Crippen LogP contribution in [0.5, 0.6) is 17.2 Å². The van der Waals surface area contributed by atoms with Gasteiger partial charge in [-0.3, -0.25) is 9.35 Å². The monoisotopic (exact) mass is 841 g/mol. The summed E-state index contributed by atoms with van der Waals surface area (Å²) < 4.78 is 50.7. The Morgan fingerprint density at radius 1 is 0.867 bits per heavy atom. The summed E-state index contributed by atoms with van der Waals surface area (Å²) in [4.78, 5) is 36.1. The molecule has 1 amide bonds. The van der Waals surface area contributed by atoms with Crippen molar-refractivity contribution >= 4 is 39.0 Å². The maximum Gasteiger partial charge on any atom is 0.338 e. The number of amides is 1. The van der Waals surface area contributed by atoms with Crippen LogP contribution >= 0.6 is 0 Å². The average Bonchev–Trinajstić information content (AvgIpc) is 3.87. The number of nitrogens with zero attached hydrogens (tertiary/aromatic N) is 4.